The van der Waals surface area contributed by atoms with E-state index in [9.17, 15) is 0 Å². The molecule has 2 aliphatic heterocycles. The van der Waals surface area contributed by atoms with Gasteiger partial charge in [0, 0.05) is 11.5 Å². The van der Waals surface area contributed by atoms with Crippen LogP contribution in [0.2, 0.25) is 0 Å². The van der Waals surface area contributed by atoms with Crippen LogP contribution >= 0.6 is 12.4 Å². The monoisotopic (exact) mass is 234 g/mol. The van der Waals surface area contributed by atoms with E-state index < -0.39 is 0 Å². The first-order chi connectivity index (χ1) is 6.57. The Kier molecular flexibility index (Phi) is 4.41. The fraction of sp³-hybridized carbons (Fsp3) is 1.00. The molecule has 2 saturated heterocycles. The average Bonchev–Trinajstić information content (AvgIpc) is 2.47. The maximum absolute atomic E-state index is 5.81. The molecule has 0 spiro atoms. The minimum absolute atomic E-state index is 0. The Morgan fingerprint density at radius 1 is 1.27 bits per heavy atom. The van der Waals surface area contributed by atoms with Crippen molar-refractivity contribution in [1.82, 2.24) is 10.2 Å². The molecule has 1 atom stereocenters. The fourth-order valence-corrected chi connectivity index (χ4v) is 2.35. The Labute approximate surface area is 99.0 Å². The van der Waals surface area contributed by atoms with Gasteiger partial charge in [0.05, 0.1) is 6.61 Å². The molecule has 0 aliphatic carbocycles. The van der Waals surface area contributed by atoms with Crippen LogP contribution in [0, 0.1) is 5.92 Å². The van der Waals surface area contributed by atoms with Gasteiger partial charge in [-0.3, -0.25) is 5.32 Å². The van der Waals surface area contributed by atoms with Crippen LogP contribution < -0.4 is 5.32 Å². The normalized spacial score (nSPS) is 32.6. The third kappa shape index (κ3) is 3.31. The molecule has 0 aromatic rings. The summed E-state index contributed by atoms with van der Waals surface area (Å²) < 4.78 is 5.81. The molecule has 4 heteroatoms. The predicted octanol–water partition coefficient (Wildman–Crippen LogP) is 1.47. The summed E-state index contributed by atoms with van der Waals surface area (Å²) in [4.78, 5) is 2.40. The Bertz CT molecular complexity index is 203. The molecule has 0 saturated carbocycles. The van der Waals surface area contributed by atoms with E-state index in [0.29, 0.717) is 12.1 Å². The minimum atomic E-state index is 0. The molecule has 2 fully saturated rings. The van der Waals surface area contributed by atoms with E-state index in [4.69, 9.17) is 4.74 Å². The van der Waals surface area contributed by atoms with Gasteiger partial charge in [0.15, 0.2) is 0 Å². The second-order valence-corrected chi connectivity index (χ2v) is 5.40. The molecular formula is C11H23ClN2O. The molecule has 1 N–H and O–H groups in total. The van der Waals surface area contributed by atoms with Gasteiger partial charge in [0.25, 0.3) is 0 Å². The van der Waals surface area contributed by atoms with E-state index in [2.05, 4.69) is 31.1 Å². The maximum atomic E-state index is 5.81. The molecule has 3 nitrogen and oxygen atoms in total. The van der Waals surface area contributed by atoms with Gasteiger partial charge >= 0.3 is 0 Å². The molecule has 0 amide bonds. The average molecular weight is 235 g/mol. The molecule has 0 aromatic carbocycles. The SMILES string of the molecule is CN1CCC(C2NC(C)(C)CO2)CC1.Cl. The molecule has 2 rings (SSSR count). The molecule has 2 heterocycles. The van der Waals surface area contributed by atoms with Crippen LogP contribution in [-0.4, -0.2) is 43.4 Å². The van der Waals surface area contributed by atoms with E-state index >= 15 is 0 Å². The molecule has 1 unspecified atom stereocenters. The van der Waals surface area contributed by atoms with Crippen LogP contribution in [-0.2, 0) is 4.74 Å². The molecular weight excluding hydrogens is 212 g/mol. The van der Waals surface area contributed by atoms with Gasteiger partial charge in [-0.05, 0) is 46.8 Å². The van der Waals surface area contributed by atoms with Crippen molar-refractivity contribution in [3.8, 4) is 0 Å². The highest BCUT2D eigenvalue weighted by Crippen LogP contribution is 2.26. The van der Waals surface area contributed by atoms with Crippen molar-refractivity contribution >= 4 is 12.4 Å². The van der Waals surface area contributed by atoms with Crippen LogP contribution in [0.25, 0.3) is 0 Å². The second kappa shape index (κ2) is 5.00. The van der Waals surface area contributed by atoms with E-state index in [0.717, 1.165) is 6.61 Å². The summed E-state index contributed by atoms with van der Waals surface area (Å²) in [7, 11) is 2.20. The van der Waals surface area contributed by atoms with Crippen molar-refractivity contribution < 1.29 is 4.74 Å². The van der Waals surface area contributed by atoms with Crippen molar-refractivity contribution in [3.63, 3.8) is 0 Å². The lowest BCUT2D eigenvalue weighted by Gasteiger charge is -2.32. The van der Waals surface area contributed by atoms with Gasteiger partial charge in [-0.1, -0.05) is 0 Å². The summed E-state index contributed by atoms with van der Waals surface area (Å²) in [5, 5.41) is 3.57. The Balaban J connectivity index is 0.00000112. The third-order valence-electron chi connectivity index (χ3n) is 3.35. The second-order valence-electron chi connectivity index (χ2n) is 5.40. The zero-order valence-corrected chi connectivity index (χ0v) is 10.8. The van der Waals surface area contributed by atoms with Gasteiger partial charge < -0.3 is 9.64 Å². The Morgan fingerprint density at radius 3 is 2.33 bits per heavy atom. The molecule has 2 aliphatic rings. The topological polar surface area (TPSA) is 24.5 Å². The predicted molar refractivity (Wildman–Crippen MR) is 64.4 cm³/mol. The summed E-state index contributed by atoms with van der Waals surface area (Å²) >= 11 is 0. The van der Waals surface area contributed by atoms with Gasteiger partial charge in [0.1, 0.15) is 6.23 Å². The first kappa shape index (κ1) is 13.2. The first-order valence-corrected chi connectivity index (χ1v) is 5.65. The number of nitrogens with one attached hydrogen (secondary N) is 1. The highest BCUT2D eigenvalue weighted by Gasteiger charge is 2.36. The van der Waals surface area contributed by atoms with Gasteiger partial charge in [-0.15, -0.1) is 12.4 Å². The van der Waals surface area contributed by atoms with Crippen molar-refractivity contribution in [2.75, 3.05) is 26.7 Å². The third-order valence-corrected chi connectivity index (χ3v) is 3.35. The zero-order chi connectivity index (χ0) is 10.2. The lowest BCUT2D eigenvalue weighted by atomic mass is 9.95. The Morgan fingerprint density at radius 2 is 1.87 bits per heavy atom. The Hall–Kier alpha value is 0.170. The highest BCUT2D eigenvalue weighted by molar-refractivity contribution is 5.85. The largest absolute Gasteiger partial charge is 0.361 e. The van der Waals surface area contributed by atoms with Gasteiger partial charge in [0.2, 0.25) is 0 Å². The standard InChI is InChI=1S/C11H22N2O.ClH/c1-11(2)8-14-10(12-11)9-4-6-13(3)7-5-9;/h9-10,12H,4-8H2,1-3H3;1H. The van der Waals surface area contributed by atoms with E-state index in [1.165, 1.54) is 25.9 Å². The molecule has 0 bridgehead atoms. The van der Waals surface area contributed by atoms with Crippen molar-refractivity contribution in [2.45, 2.75) is 38.5 Å². The molecule has 90 valence electrons. The zero-order valence-electron chi connectivity index (χ0n) is 9.95. The van der Waals surface area contributed by atoms with E-state index in [1.807, 2.05) is 0 Å². The summed E-state index contributed by atoms with van der Waals surface area (Å²) in [5.74, 6) is 0.716. The molecule has 0 aromatic heterocycles. The number of hydrogen-bond donors (Lipinski definition) is 1. The van der Waals surface area contributed by atoms with Crippen LogP contribution in [0.15, 0.2) is 0 Å². The summed E-state index contributed by atoms with van der Waals surface area (Å²) in [5.41, 5.74) is 0.175. The van der Waals surface area contributed by atoms with Gasteiger partial charge in [-0.25, -0.2) is 0 Å². The first-order valence-electron chi connectivity index (χ1n) is 5.65. The quantitative estimate of drug-likeness (QED) is 0.744. The van der Waals surface area contributed by atoms with E-state index in [-0.39, 0.29) is 17.9 Å². The number of halogens is 1. The molecule has 0 radical (unpaired) electrons. The van der Waals surface area contributed by atoms with Crippen LogP contribution in [0.3, 0.4) is 0 Å². The smallest absolute Gasteiger partial charge is 0.111 e. The number of hydrogen-bond acceptors (Lipinski definition) is 3. The van der Waals surface area contributed by atoms with Crippen molar-refractivity contribution in [3.05, 3.63) is 0 Å². The van der Waals surface area contributed by atoms with Crippen molar-refractivity contribution in [1.29, 1.82) is 0 Å². The number of nitrogens with zero attached hydrogens (tertiary/aromatic N) is 1. The fourth-order valence-electron chi connectivity index (χ4n) is 2.35. The lowest BCUT2D eigenvalue weighted by molar-refractivity contribution is 0.0255. The summed E-state index contributed by atoms with van der Waals surface area (Å²) in [6, 6.07) is 0. The summed E-state index contributed by atoms with van der Waals surface area (Å²) in [6.07, 6.45) is 2.84. The van der Waals surface area contributed by atoms with Crippen LogP contribution in [0.4, 0.5) is 0 Å². The van der Waals surface area contributed by atoms with E-state index in [1.54, 1.807) is 0 Å². The lowest BCUT2D eigenvalue weighted by Crippen LogP contribution is -2.45. The van der Waals surface area contributed by atoms with Crippen LogP contribution in [0.5, 0.6) is 0 Å². The van der Waals surface area contributed by atoms with Crippen LogP contribution in [0.1, 0.15) is 26.7 Å². The van der Waals surface area contributed by atoms with Crippen molar-refractivity contribution in [2.24, 2.45) is 5.92 Å². The minimum Gasteiger partial charge on any atom is -0.361 e. The number of ether oxygens (including phenoxy) is 1. The van der Waals surface area contributed by atoms with Gasteiger partial charge in [-0.2, -0.15) is 0 Å². The number of piperidine rings is 1. The number of likely N-dealkylation sites (tertiary alicyclic amines) is 1. The highest BCUT2D eigenvalue weighted by atomic mass is 35.5. The number of rotatable bonds is 1. The summed E-state index contributed by atoms with van der Waals surface area (Å²) in [6.45, 7) is 7.70. The maximum Gasteiger partial charge on any atom is 0.111 e. The molecule has 15 heavy (non-hydrogen) atoms.